The van der Waals surface area contributed by atoms with E-state index in [2.05, 4.69) is 53.8 Å². The van der Waals surface area contributed by atoms with Crippen molar-refractivity contribution in [2.75, 3.05) is 0 Å². The maximum atomic E-state index is 11.1. The van der Waals surface area contributed by atoms with E-state index in [1.807, 2.05) is 49.4 Å². The topological polar surface area (TPSA) is 29.1 Å². The van der Waals surface area contributed by atoms with E-state index in [1.165, 1.54) is 11.1 Å². The number of nitrogens with one attached hydrogen (secondary N) is 1. The van der Waals surface area contributed by atoms with Gasteiger partial charge in [-0.2, -0.15) is 0 Å². The molecule has 0 aliphatic carbocycles. The van der Waals surface area contributed by atoms with Crippen LogP contribution in [0, 0.1) is 0 Å². The first kappa shape index (κ1) is 20.1. The van der Waals surface area contributed by atoms with Crippen LogP contribution in [0.25, 0.3) is 0 Å². The highest BCUT2D eigenvalue weighted by Crippen LogP contribution is 2.28. The Balaban J connectivity index is 1.96. The summed E-state index contributed by atoms with van der Waals surface area (Å²) in [6.45, 7) is 1.83. The van der Waals surface area contributed by atoms with Crippen molar-refractivity contribution in [2.45, 2.75) is 25.4 Å². The minimum atomic E-state index is 0.0352. The third-order valence-electron chi connectivity index (χ3n) is 4.77. The van der Waals surface area contributed by atoms with Gasteiger partial charge in [0.05, 0.1) is 6.04 Å². The highest BCUT2D eigenvalue weighted by Gasteiger charge is 2.19. The fourth-order valence-electron chi connectivity index (χ4n) is 3.22. The van der Waals surface area contributed by atoms with E-state index >= 15 is 0 Å². The van der Waals surface area contributed by atoms with Crippen molar-refractivity contribution >= 4 is 17.9 Å². The molecule has 28 heavy (non-hydrogen) atoms. The third-order valence-corrected chi connectivity index (χ3v) is 5.02. The molecular weight excluding hydrogens is 366 g/mol. The molecule has 1 N–H and O–H groups in total. The molecule has 0 spiro atoms. The summed E-state index contributed by atoms with van der Waals surface area (Å²) in [5, 5.41) is 4.51. The molecule has 1 unspecified atom stereocenters. The largest absolute Gasteiger partial charge is 0.299 e. The quantitative estimate of drug-likeness (QED) is 0.362. The van der Waals surface area contributed by atoms with Gasteiger partial charge in [0.1, 0.15) is 6.29 Å². The SMILES string of the molecule is C/C(C=O)=C\CC(NC(c1ccccc1)c1ccccc1)c1ccc(Cl)cc1. The normalized spacial score (nSPS) is 12.8. The first-order valence-corrected chi connectivity index (χ1v) is 9.78. The van der Waals surface area contributed by atoms with E-state index in [4.69, 9.17) is 11.6 Å². The summed E-state index contributed by atoms with van der Waals surface area (Å²) in [7, 11) is 0. The Morgan fingerprint density at radius 1 is 0.857 bits per heavy atom. The highest BCUT2D eigenvalue weighted by molar-refractivity contribution is 6.30. The van der Waals surface area contributed by atoms with E-state index in [0.717, 1.165) is 17.4 Å². The molecule has 0 heterocycles. The Bertz CT molecular complexity index is 865. The second kappa shape index (κ2) is 10.0. The van der Waals surface area contributed by atoms with Crippen LogP contribution in [0.4, 0.5) is 0 Å². The van der Waals surface area contributed by atoms with Gasteiger partial charge in [-0.05, 0) is 47.7 Å². The van der Waals surface area contributed by atoms with Crippen molar-refractivity contribution in [2.24, 2.45) is 0 Å². The van der Waals surface area contributed by atoms with E-state index in [9.17, 15) is 4.79 Å². The fraction of sp³-hybridized carbons (Fsp3) is 0.160. The Kier molecular flexibility index (Phi) is 7.18. The van der Waals surface area contributed by atoms with Crippen molar-refractivity contribution in [1.29, 1.82) is 0 Å². The van der Waals surface area contributed by atoms with Crippen molar-refractivity contribution in [3.63, 3.8) is 0 Å². The summed E-state index contributed by atoms with van der Waals surface area (Å²) in [6, 6.07) is 28.8. The smallest absolute Gasteiger partial charge is 0.145 e. The molecule has 0 aromatic heterocycles. The van der Waals surface area contributed by atoms with Crippen molar-refractivity contribution in [1.82, 2.24) is 5.32 Å². The summed E-state index contributed by atoms with van der Waals surface area (Å²) in [5.74, 6) is 0. The summed E-state index contributed by atoms with van der Waals surface area (Å²) in [4.78, 5) is 11.1. The Hall–Kier alpha value is -2.68. The molecule has 3 aromatic rings. The minimum Gasteiger partial charge on any atom is -0.299 e. The lowest BCUT2D eigenvalue weighted by Crippen LogP contribution is -2.27. The number of rotatable bonds is 8. The standard InChI is InChI=1S/C25H24ClNO/c1-19(18-28)12-17-24(20-13-15-23(26)16-14-20)27-25(21-8-4-2-5-9-21)22-10-6-3-7-11-22/h2-16,18,24-25,27H,17H2,1H3/b19-12+. The maximum Gasteiger partial charge on any atom is 0.145 e. The Morgan fingerprint density at radius 3 is 1.89 bits per heavy atom. The summed E-state index contributed by atoms with van der Waals surface area (Å²) in [5.41, 5.74) is 4.26. The molecule has 0 aliphatic heterocycles. The third kappa shape index (κ3) is 5.41. The first-order valence-electron chi connectivity index (χ1n) is 9.40. The number of hydrogen-bond acceptors (Lipinski definition) is 2. The van der Waals surface area contributed by atoms with E-state index < -0.39 is 0 Å². The van der Waals surface area contributed by atoms with Gasteiger partial charge in [-0.3, -0.25) is 10.1 Å². The average molecular weight is 390 g/mol. The molecule has 3 aromatic carbocycles. The maximum absolute atomic E-state index is 11.1. The van der Waals surface area contributed by atoms with Crippen molar-refractivity contribution < 1.29 is 4.79 Å². The van der Waals surface area contributed by atoms with Crippen molar-refractivity contribution in [3.05, 3.63) is 118 Å². The number of benzene rings is 3. The van der Waals surface area contributed by atoms with E-state index in [0.29, 0.717) is 11.4 Å². The predicted octanol–water partition coefficient (Wildman–Crippen LogP) is 6.30. The van der Waals surface area contributed by atoms with Gasteiger partial charge in [-0.25, -0.2) is 0 Å². The highest BCUT2D eigenvalue weighted by atomic mass is 35.5. The zero-order valence-electron chi connectivity index (χ0n) is 15.9. The van der Waals surface area contributed by atoms with E-state index in [-0.39, 0.29) is 12.1 Å². The monoisotopic (exact) mass is 389 g/mol. The lowest BCUT2D eigenvalue weighted by Gasteiger charge is -2.27. The molecule has 3 heteroatoms. The number of aldehydes is 1. The zero-order valence-corrected chi connectivity index (χ0v) is 16.6. The molecule has 1 atom stereocenters. The van der Waals surface area contributed by atoms with Crippen LogP contribution in [0.5, 0.6) is 0 Å². The lowest BCUT2D eigenvalue weighted by molar-refractivity contribution is -0.104. The molecule has 3 rings (SSSR count). The average Bonchev–Trinajstić information content (AvgIpc) is 2.75. The number of carbonyl (C=O) groups is 1. The lowest BCUT2D eigenvalue weighted by atomic mass is 9.95. The van der Waals surface area contributed by atoms with Crippen LogP contribution in [0.3, 0.4) is 0 Å². The molecule has 0 aliphatic rings. The summed E-state index contributed by atoms with van der Waals surface area (Å²) in [6.07, 6.45) is 3.58. The van der Waals surface area contributed by atoms with Gasteiger partial charge in [-0.15, -0.1) is 0 Å². The molecular formula is C25H24ClNO. The van der Waals surface area contributed by atoms with Gasteiger partial charge in [0.2, 0.25) is 0 Å². The number of allylic oxidation sites excluding steroid dienone is 1. The number of carbonyl (C=O) groups excluding carboxylic acids is 1. The first-order chi connectivity index (χ1) is 13.7. The molecule has 2 nitrogen and oxygen atoms in total. The summed E-state index contributed by atoms with van der Waals surface area (Å²) < 4.78 is 0. The van der Waals surface area contributed by atoms with Crippen LogP contribution in [-0.2, 0) is 4.79 Å². The summed E-state index contributed by atoms with van der Waals surface area (Å²) >= 11 is 6.09. The molecule has 0 radical (unpaired) electrons. The van der Waals surface area contributed by atoms with Gasteiger partial charge in [0, 0.05) is 11.1 Å². The van der Waals surface area contributed by atoms with Crippen LogP contribution in [0.2, 0.25) is 5.02 Å². The van der Waals surface area contributed by atoms with Gasteiger partial charge in [0.15, 0.2) is 0 Å². The van der Waals surface area contributed by atoms with Crippen LogP contribution in [0.1, 0.15) is 42.1 Å². The molecule has 142 valence electrons. The van der Waals surface area contributed by atoms with Crippen LogP contribution in [0.15, 0.2) is 96.6 Å². The van der Waals surface area contributed by atoms with Crippen LogP contribution < -0.4 is 5.32 Å². The predicted molar refractivity (Wildman–Crippen MR) is 116 cm³/mol. The molecule has 0 saturated carbocycles. The number of hydrogen-bond donors (Lipinski definition) is 1. The second-order valence-electron chi connectivity index (χ2n) is 6.83. The zero-order chi connectivity index (χ0) is 19.8. The minimum absolute atomic E-state index is 0.0352. The number of halogens is 1. The Labute approximate surface area is 171 Å². The second-order valence-corrected chi connectivity index (χ2v) is 7.26. The van der Waals surface area contributed by atoms with Crippen LogP contribution in [-0.4, -0.2) is 6.29 Å². The van der Waals surface area contributed by atoms with Gasteiger partial charge in [0.25, 0.3) is 0 Å². The van der Waals surface area contributed by atoms with E-state index in [1.54, 1.807) is 0 Å². The van der Waals surface area contributed by atoms with Crippen molar-refractivity contribution in [3.8, 4) is 0 Å². The van der Waals surface area contributed by atoms with Crippen LogP contribution >= 0.6 is 11.6 Å². The molecule has 0 fully saturated rings. The molecule has 0 saturated heterocycles. The van der Waals surface area contributed by atoms with Gasteiger partial charge < -0.3 is 0 Å². The van der Waals surface area contributed by atoms with Gasteiger partial charge >= 0.3 is 0 Å². The molecule has 0 amide bonds. The molecule has 0 bridgehead atoms. The Morgan fingerprint density at radius 2 is 1.39 bits per heavy atom. The van der Waals surface area contributed by atoms with Gasteiger partial charge in [-0.1, -0.05) is 90.5 Å². The fourth-order valence-corrected chi connectivity index (χ4v) is 3.35.